The number of halogens is 1. The predicted molar refractivity (Wildman–Crippen MR) is 71.4 cm³/mol. The maximum atomic E-state index is 5.59. The maximum absolute atomic E-state index is 5.59. The molecule has 0 radical (unpaired) electrons. The highest BCUT2D eigenvalue weighted by Gasteiger charge is 2.11. The highest BCUT2D eigenvalue weighted by molar-refractivity contribution is 9.10. The topological polar surface area (TPSA) is 51.2 Å². The van der Waals surface area contributed by atoms with E-state index in [1.165, 1.54) is 5.56 Å². The van der Waals surface area contributed by atoms with E-state index in [-0.39, 0.29) is 6.04 Å². The number of rotatable bonds is 5. The lowest BCUT2D eigenvalue weighted by Gasteiger charge is -2.15. The van der Waals surface area contributed by atoms with Crippen LogP contribution in [0.1, 0.15) is 11.1 Å². The summed E-state index contributed by atoms with van der Waals surface area (Å²) >= 11 is 3.54. The van der Waals surface area contributed by atoms with Gasteiger partial charge in [-0.3, -0.25) is 11.3 Å². The molecule has 3 nitrogen and oxygen atoms in total. The summed E-state index contributed by atoms with van der Waals surface area (Å²) in [7, 11) is 0. The summed E-state index contributed by atoms with van der Waals surface area (Å²) in [6.07, 6.45) is 5.17. The number of nitrogens with one attached hydrogen (secondary N) is 1. The molecule has 0 spiro atoms. The zero-order chi connectivity index (χ0) is 12.1. The number of hydrogen-bond acceptors (Lipinski definition) is 3. The van der Waals surface area contributed by atoms with Gasteiger partial charge in [0.25, 0.3) is 0 Å². The first-order valence-electron chi connectivity index (χ1n) is 5.50. The lowest BCUT2D eigenvalue weighted by atomic mass is 10.0. The van der Waals surface area contributed by atoms with E-state index in [1.807, 2.05) is 24.3 Å². The third-order valence-corrected chi connectivity index (χ3v) is 3.50. The van der Waals surface area contributed by atoms with Crippen LogP contribution < -0.4 is 11.3 Å². The fourth-order valence-corrected chi connectivity index (χ4v) is 2.26. The second-order valence-electron chi connectivity index (χ2n) is 3.99. The fourth-order valence-electron chi connectivity index (χ4n) is 1.81. The summed E-state index contributed by atoms with van der Waals surface area (Å²) in [5.74, 6) is 5.59. The van der Waals surface area contributed by atoms with Gasteiger partial charge in [0.15, 0.2) is 0 Å². The van der Waals surface area contributed by atoms with Gasteiger partial charge < -0.3 is 4.42 Å². The monoisotopic (exact) mass is 294 g/mol. The van der Waals surface area contributed by atoms with Crippen molar-refractivity contribution >= 4 is 15.9 Å². The molecular weight excluding hydrogens is 280 g/mol. The molecule has 0 aliphatic heterocycles. The van der Waals surface area contributed by atoms with Crippen LogP contribution in [0.15, 0.2) is 51.7 Å². The van der Waals surface area contributed by atoms with Gasteiger partial charge in [-0.15, -0.1) is 0 Å². The molecule has 0 saturated carbocycles. The average molecular weight is 295 g/mol. The predicted octanol–water partition coefficient (Wildman–Crippen LogP) is 2.66. The van der Waals surface area contributed by atoms with Crippen molar-refractivity contribution in [2.45, 2.75) is 18.9 Å². The lowest BCUT2D eigenvalue weighted by Crippen LogP contribution is -2.38. The van der Waals surface area contributed by atoms with E-state index in [2.05, 4.69) is 27.4 Å². The Morgan fingerprint density at radius 1 is 1.24 bits per heavy atom. The molecular formula is C13H15BrN2O. The fraction of sp³-hybridized carbons (Fsp3) is 0.231. The van der Waals surface area contributed by atoms with Crippen LogP contribution in [0.5, 0.6) is 0 Å². The van der Waals surface area contributed by atoms with E-state index in [9.17, 15) is 0 Å². The molecule has 90 valence electrons. The Morgan fingerprint density at radius 3 is 2.71 bits per heavy atom. The molecule has 0 amide bonds. The minimum absolute atomic E-state index is 0.200. The quantitative estimate of drug-likeness (QED) is 0.658. The molecule has 2 rings (SSSR count). The van der Waals surface area contributed by atoms with Gasteiger partial charge in [-0.25, -0.2) is 0 Å². The molecule has 3 N–H and O–H groups in total. The van der Waals surface area contributed by atoms with Crippen molar-refractivity contribution in [3.05, 3.63) is 58.5 Å². The summed E-state index contributed by atoms with van der Waals surface area (Å²) in [5.41, 5.74) is 5.26. The SMILES string of the molecule is NNC(Cc1ccoc1)Cc1ccccc1Br. The highest BCUT2D eigenvalue weighted by atomic mass is 79.9. The van der Waals surface area contributed by atoms with Gasteiger partial charge in [0, 0.05) is 10.5 Å². The summed E-state index contributed by atoms with van der Waals surface area (Å²) in [6, 6.07) is 10.3. The second kappa shape index (κ2) is 6.00. The van der Waals surface area contributed by atoms with E-state index in [0.29, 0.717) is 0 Å². The molecule has 1 heterocycles. The first kappa shape index (κ1) is 12.4. The number of furan rings is 1. The van der Waals surface area contributed by atoms with Gasteiger partial charge in [-0.2, -0.15) is 0 Å². The van der Waals surface area contributed by atoms with Gasteiger partial charge in [0.2, 0.25) is 0 Å². The number of benzene rings is 1. The molecule has 1 unspecified atom stereocenters. The van der Waals surface area contributed by atoms with Crippen LogP contribution in [0.2, 0.25) is 0 Å². The first-order chi connectivity index (χ1) is 8.29. The van der Waals surface area contributed by atoms with Crippen molar-refractivity contribution in [3.63, 3.8) is 0 Å². The molecule has 0 fully saturated rings. The summed E-state index contributed by atoms with van der Waals surface area (Å²) in [4.78, 5) is 0. The van der Waals surface area contributed by atoms with Gasteiger partial charge in [-0.05, 0) is 36.1 Å². The number of hydrogen-bond donors (Lipinski definition) is 2. The molecule has 0 bridgehead atoms. The van der Waals surface area contributed by atoms with Crippen molar-refractivity contribution < 1.29 is 4.42 Å². The summed E-state index contributed by atoms with van der Waals surface area (Å²) < 4.78 is 6.17. The van der Waals surface area contributed by atoms with E-state index in [1.54, 1.807) is 12.5 Å². The third-order valence-electron chi connectivity index (χ3n) is 2.72. The Balaban J connectivity index is 2.03. The molecule has 17 heavy (non-hydrogen) atoms. The van der Waals surface area contributed by atoms with Gasteiger partial charge in [0.1, 0.15) is 0 Å². The smallest absolute Gasteiger partial charge is 0.0935 e. The molecule has 0 saturated heterocycles. The second-order valence-corrected chi connectivity index (χ2v) is 4.85. The normalized spacial score (nSPS) is 12.6. The molecule has 0 aliphatic rings. The van der Waals surface area contributed by atoms with Gasteiger partial charge in [0.05, 0.1) is 12.5 Å². The standard InChI is InChI=1S/C13H15BrN2O/c14-13-4-2-1-3-11(13)8-12(16-15)7-10-5-6-17-9-10/h1-6,9,12,16H,7-8,15H2. The van der Waals surface area contributed by atoms with Crippen LogP contribution in [0.25, 0.3) is 0 Å². The van der Waals surface area contributed by atoms with Crippen LogP contribution in [0, 0.1) is 0 Å². The van der Waals surface area contributed by atoms with Crippen molar-refractivity contribution in [2.24, 2.45) is 5.84 Å². The molecule has 2 aromatic rings. The molecule has 0 aliphatic carbocycles. The Bertz CT molecular complexity index is 456. The van der Waals surface area contributed by atoms with Crippen molar-refractivity contribution in [2.75, 3.05) is 0 Å². The molecule has 4 heteroatoms. The van der Waals surface area contributed by atoms with E-state index >= 15 is 0 Å². The van der Waals surface area contributed by atoms with Crippen LogP contribution in [-0.2, 0) is 12.8 Å². The van der Waals surface area contributed by atoms with Crippen LogP contribution in [0.3, 0.4) is 0 Å². The average Bonchev–Trinajstić information content (AvgIpc) is 2.84. The Kier molecular flexibility index (Phi) is 4.36. The zero-order valence-electron chi connectivity index (χ0n) is 9.40. The largest absolute Gasteiger partial charge is 0.472 e. The Labute approximate surface area is 109 Å². The van der Waals surface area contributed by atoms with Gasteiger partial charge in [-0.1, -0.05) is 34.1 Å². The van der Waals surface area contributed by atoms with Crippen LogP contribution in [0.4, 0.5) is 0 Å². The van der Waals surface area contributed by atoms with E-state index < -0.39 is 0 Å². The third kappa shape index (κ3) is 3.43. The molecule has 1 aromatic carbocycles. The first-order valence-corrected chi connectivity index (χ1v) is 6.29. The number of nitrogens with two attached hydrogens (primary N) is 1. The molecule has 1 aromatic heterocycles. The summed E-state index contributed by atoms with van der Waals surface area (Å²) in [5, 5.41) is 0. The zero-order valence-corrected chi connectivity index (χ0v) is 11.0. The lowest BCUT2D eigenvalue weighted by molar-refractivity contribution is 0.514. The minimum Gasteiger partial charge on any atom is -0.472 e. The van der Waals surface area contributed by atoms with Crippen LogP contribution in [-0.4, -0.2) is 6.04 Å². The van der Waals surface area contributed by atoms with Gasteiger partial charge >= 0.3 is 0 Å². The maximum Gasteiger partial charge on any atom is 0.0935 e. The Hall–Kier alpha value is -1.10. The van der Waals surface area contributed by atoms with Crippen molar-refractivity contribution in [1.82, 2.24) is 5.43 Å². The van der Waals surface area contributed by atoms with Crippen LogP contribution >= 0.6 is 15.9 Å². The van der Waals surface area contributed by atoms with E-state index in [4.69, 9.17) is 10.3 Å². The highest BCUT2D eigenvalue weighted by Crippen LogP contribution is 2.18. The van der Waals surface area contributed by atoms with E-state index in [0.717, 1.165) is 22.9 Å². The Morgan fingerprint density at radius 2 is 2.06 bits per heavy atom. The van der Waals surface area contributed by atoms with Crippen molar-refractivity contribution in [3.8, 4) is 0 Å². The summed E-state index contributed by atoms with van der Waals surface area (Å²) in [6.45, 7) is 0. The number of hydrazine groups is 1. The van der Waals surface area contributed by atoms with Crippen molar-refractivity contribution in [1.29, 1.82) is 0 Å². The molecule has 1 atom stereocenters. The minimum atomic E-state index is 0.200.